The molecule has 2 aliphatic heterocycles. The number of halogens is 1. The molecule has 0 aliphatic carbocycles. The maximum absolute atomic E-state index is 12.5. The summed E-state index contributed by atoms with van der Waals surface area (Å²) < 4.78 is 0.930. The Balaban J connectivity index is 1.64. The lowest BCUT2D eigenvalue weighted by Gasteiger charge is -2.25. The number of carbonyl (C=O) groups is 2. The van der Waals surface area contributed by atoms with E-state index in [0.29, 0.717) is 13.0 Å². The first-order valence-corrected chi connectivity index (χ1v) is 8.52. The molecule has 2 aliphatic rings. The second-order valence-corrected chi connectivity index (χ2v) is 6.78. The molecule has 0 aromatic heterocycles. The van der Waals surface area contributed by atoms with Crippen LogP contribution in [0, 0.1) is 5.92 Å². The molecule has 6 heteroatoms. The molecule has 0 spiro atoms. The maximum atomic E-state index is 12.5. The van der Waals surface area contributed by atoms with Crippen molar-refractivity contribution in [3.63, 3.8) is 0 Å². The van der Waals surface area contributed by atoms with E-state index in [1.165, 1.54) is 0 Å². The quantitative estimate of drug-likeness (QED) is 0.801. The smallest absolute Gasteiger partial charge is 0.239 e. The highest BCUT2D eigenvalue weighted by Crippen LogP contribution is 2.27. The molecular formula is C16H20BrN3O2. The summed E-state index contributed by atoms with van der Waals surface area (Å²) in [6.07, 6.45) is 2.63. The minimum atomic E-state index is -0.555. The van der Waals surface area contributed by atoms with Crippen molar-refractivity contribution in [1.82, 2.24) is 10.6 Å². The van der Waals surface area contributed by atoms with Crippen LogP contribution in [0.4, 0.5) is 5.69 Å². The zero-order chi connectivity index (χ0) is 15.5. The third-order valence-corrected chi connectivity index (χ3v) is 4.78. The fourth-order valence-electron chi connectivity index (χ4n) is 3.10. The van der Waals surface area contributed by atoms with Gasteiger partial charge in [0.05, 0.1) is 0 Å². The van der Waals surface area contributed by atoms with Crippen LogP contribution in [0.5, 0.6) is 0 Å². The van der Waals surface area contributed by atoms with Gasteiger partial charge in [0.15, 0.2) is 0 Å². The summed E-state index contributed by atoms with van der Waals surface area (Å²) in [6, 6.07) is 7.77. The fourth-order valence-corrected chi connectivity index (χ4v) is 3.49. The molecule has 2 atom stereocenters. The lowest BCUT2D eigenvalue weighted by Crippen LogP contribution is -2.48. The molecule has 118 valence electrons. The number of piperidine rings is 1. The largest absolute Gasteiger partial charge is 0.351 e. The van der Waals surface area contributed by atoms with Crippen LogP contribution >= 0.6 is 15.9 Å². The summed E-state index contributed by atoms with van der Waals surface area (Å²) in [5.41, 5.74) is 0.842. The Morgan fingerprint density at radius 3 is 2.95 bits per heavy atom. The van der Waals surface area contributed by atoms with Gasteiger partial charge in [-0.15, -0.1) is 0 Å². The van der Waals surface area contributed by atoms with E-state index in [1.807, 2.05) is 24.3 Å². The Kier molecular flexibility index (Phi) is 4.78. The minimum absolute atomic E-state index is 0.0978. The summed E-state index contributed by atoms with van der Waals surface area (Å²) in [6.45, 7) is 2.39. The van der Waals surface area contributed by atoms with E-state index in [9.17, 15) is 9.59 Å². The molecule has 0 saturated carbocycles. The van der Waals surface area contributed by atoms with Crippen molar-refractivity contribution in [1.29, 1.82) is 0 Å². The van der Waals surface area contributed by atoms with Crippen LogP contribution in [-0.4, -0.2) is 37.5 Å². The van der Waals surface area contributed by atoms with E-state index in [2.05, 4.69) is 26.6 Å². The average Bonchev–Trinajstić information content (AvgIpc) is 2.90. The zero-order valence-corrected chi connectivity index (χ0v) is 13.9. The first kappa shape index (κ1) is 15.5. The number of rotatable bonds is 3. The van der Waals surface area contributed by atoms with Crippen molar-refractivity contribution in [2.75, 3.05) is 24.5 Å². The highest BCUT2D eigenvalue weighted by molar-refractivity contribution is 9.10. The normalized spacial score (nSPS) is 25.3. The van der Waals surface area contributed by atoms with Gasteiger partial charge in [0.25, 0.3) is 0 Å². The third kappa shape index (κ3) is 3.33. The second kappa shape index (κ2) is 6.79. The van der Waals surface area contributed by atoms with E-state index in [4.69, 9.17) is 0 Å². The summed E-state index contributed by atoms with van der Waals surface area (Å²) in [4.78, 5) is 26.6. The van der Waals surface area contributed by atoms with Crippen molar-refractivity contribution in [3.8, 4) is 0 Å². The van der Waals surface area contributed by atoms with Crippen LogP contribution in [0.2, 0.25) is 0 Å². The maximum Gasteiger partial charge on any atom is 0.239 e. The topological polar surface area (TPSA) is 61.4 Å². The van der Waals surface area contributed by atoms with Gasteiger partial charge in [-0.3, -0.25) is 9.59 Å². The van der Waals surface area contributed by atoms with Crippen LogP contribution in [0.1, 0.15) is 19.3 Å². The molecule has 2 N–H and O–H groups in total. The molecule has 2 unspecified atom stereocenters. The lowest BCUT2D eigenvalue weighted by atomic mass is 10.0. The summed E-state index contributed by atoms with van der Waals surface area (Å²) >= 11 is 3.41. The van der Waals surface area contributed by atoms with Crippen LogP contribution < -0.4 is 15.5 Å². The number of anilines is 1. The summed E-state index contributed by atoms with van der Waals surface area (Å²) in [5.74, 6) is -0.781. The Labute approximate surface area is 138 Å². The number of nitrogens with one attached hydrogen (secondary N) is 2. The number of benzene rings is 1. The van der Waals surface area contributed by atoms with Crippen LogP contribution in [0.25, 0.3) is 0 Å². The predicted octanol–water partition coefficient (Wildman–Crippen LogP) is 1.67. The number of nitrogens with zero attached hydrogens (tertiary/aromatic N) is 1. The highest BCUT2D eigenvalue weighted by atomic mass is 79.9. The van der Waals surface area contributed by atoms with Gasteiger partial charge in [0.1, 0.15) is 5.92 Å². The number of amides is 2. The van der Waals surface area contributed by atoms with Crippen LogP contribution in [0.3, 0.4) is 0 Å². The van der Waals surface area contributed by atoms with Crippen molar-refractivity contribution in [2.24, 2.45) is 5.92 Å². The molecule has 3 rings (SSSR count). The molecule has 2 amide bonds. The van der Waals surface area contributed by atoms with E-state index in [-0.39, 0.29) is 17.9 Å². The van der Waals surface area contributed by atoms with Crippen LogP contribution in [0.15, 0.2) is 28.7 Å². The zero-order valence-electron chi connectivity index (χ0n) is 12.3. The van der Waals surface area contributed by atoms with E-state index in [1.54, 1.807) is 4.90 Å². The molecule has 1 aromatic rings. The highest BCUT2D eigenvalue weighted by Gasteiger charge is 2.38. The van der Waals surface area contributed by atoms with Gasteiger partial charge in [0.2, 0.25) is 11.8 Å². The molecular weight excluding hydrogens is 346 g/mol. The van der Waals surface area contributed by atoms with Crippen molar-refractivity contribution in [3.05, 3.63) is 28.7 Å². The van der Waals surface area contributed by atoms with Gasteiger partial charge in [-0.1, -0.05) is 22.0 Å². The predicted molar refractivity (Wildman–Crippen MR) is 88.6 cm³/mol. The van der Waals surface area contributed by atoms with Gasteiger partial charge in [-0.25, -0.2) is 0 Å². The Morgan fingerprint density at radius 2 is 2.23 bits per heavy atom. The molecule has 1 aromatic carbocycles. The van der Waals surface area contributed by atoms with Crippen molar-refractivity contribution in [2.45, 2.75) is 25.3 Å². The van der Waals surface area contributed by atoms with Gasteiger partial charge < -0.3 is 15.5 Å². The second-order valence-electron chi connectivity index (χ2n) is 5.86. The summed E-state index contributed by atoms with van der Waals surface area (Å²) in [7, 11) is 0. The van der Waals surface area contributed by atoms with Gasteiger partial charge in [-0.05, 0) is 44.0 Å². The molecule has 0 radical (unpaired) electrons. The summed E-state index contributed by atoms with van der Waals surface area (Å²) in [5, 5.41) is 6.28. The minimum Gasteiger partial charge on any atom is -0.351 e. The van der Waals surface area contributed by atoms with Gasteiger partial charge in [0, 0.05) is 29.3 Å². The number of hydrogen-bond acceptors (Lipinski definition) is 3. The first-order valence-electron chi connectivity index (χ1n) is 7.73. The molecule has 0 bridgehead atoms. The number of carbonyl (C=O) groups excluding carboxylic acids is 2. The monoisotopic (exact) mass is 365 g/mol. The van der Waals surface area contributed by atoms with Gasteiger partial charge >= 0.3 is 0 Å². The van der Waals surface area contributed by atoms with E-state index >= 15 is 0 Å². The molecule has 5 nitrogen and oxygen atoms in total. The van der Waals surface area contributed by atoms with E-state index in [0.717, 1.165) is 36.1 Å². The van der Waals surface area contributed by atoms with E-state index < -0.39 is 5.92 Å². The Bertz CT molecular complexity index is 572. The molecule has 2 saturated heterocycles. The van der Waals surface area contributed by atoms with Crippen molar-refractivity contribution < 1.29 is 9.59 Å². The SMILES string of the molecule is O=C(NC1CCCNC1)C1CCN(c2cccc(Br)c2)C1=O. The van der Waals surface area contributed by atoms with Gasteiger partial charge in [-0.2, -0.15) is 0 Å². The van der Waals surface area contributed by atoms with Crippen molar-refractivity contribution >= 4 is 33.4 Å². The molecule has 22 heavy (non-hydrogen) atoms. The first-order chi connectivity index (χ1) is 10.6. The Hall–Kier alpha value is -1.40. The fraction of sp³-hybridized carbons (Fsp3) is 0.500. The van der Waals surface area contributed by atoms with Crippen LogP contribution in [-0.2, 0) is 9.59 Å². The molecule has 2 heterocycles. The number of hydrogen-bond donors (Lipinski definition) is 2. The lowest BCUT2D eigenvalue weighted by molar-refractivity contribution is -0.132. The molecule has 2 fully saturated rings. The Morgan fingerprint density at radius 1 is 1.36 bits per heavy atom. The standard InChI is InChI=1S/C16H20BrN3O2/c17-11-3-1-5-13(9-11)20-8-6-14(16(20)22)15(21)19-12-4-2-7-18-10-12/h1,3,5,9,12,14,18H,2,4,6-8,10H2,(H,19,21). The average molecular weight is 366 g/mol. The third-order valence-electron chi connectivity index (χ3n) is 4.29.